The van der Waals surface area contributed by atoms with Crippen molar-refractivity contribution in [1.82, 2.24) is 9.38 Å². The lowest BCUT2D eigenvalue weighted by molar-refractivity contribution is 0.628. The van der Waals surface area contributed by atoms with E-state index in [0.717, 1.165) is 22.5 Å². The van der Waals surface area contributed by atoms with Crippen molar-refractivity contribution in [1.29, 1.82) is 0 Å². The summed E-state index contributed by atoms with van der Waals surface area (Å²) < 4.78 is 15.3. The fourth-order valence-corrected chi connectivity index (χ4v) is 2.36. The number of hydrogen-bond acceptors (Lipinski definition) is 3. The molecule has 0 amide bonds. The van der Waals surface area contributed by atoms with Gasteiger partial charge in [-0.2, -0.15) is 0 Å². The summed E-state index contributed by atoms with van der Waals surface area (Å²) in [6, 6.07) is 8.53. The van der Waals surface area contributed by atoms with Gasteiger partial charge in [-0.1, -0.05) is 6.07 Å². The molecule has 0 aliphatic rings. The summed E-state index contributed by atoms with van der Waals surface area (Å²) >= 11 is 0. The summed E-state index contributed by atoms with van der Waals surface area (Å²) in [5, 5.41) is 0. The summed E-state index contributed by atoms with van der Waals surface area (Å²) in [6.45, 7) is 1.92. The highest BCUT2D eigenvalue weighted by Crippen LogP contribution is 2.30. The van der Waals surface area contributed by atoms with Crippen molar-refractivity contribution in [3.8, 4) is 11.3 Å². The lowest BCUT2D eigenvalue weighted by atomic mass is 10.1. The molecule has 3 rings (SSSR count). The lowest BCUT2D eigenvalue weighted by Gasteiger charge is -2.12. The minimum atomic E-state index is -0.291. The first-order valence-corrected chi connectivity index (χ1v) is 6.69. The fraction of sp³-hybridized carbons (Fsp3) is 0.188. The van der Waals surface area contributed by atoms with Crippen LogP contribution in [0.1, 0.15) is 5.56 Å². The van der Waals surface area contributed by atoms with Gasteiger partial charge in [0.2, 0.25) is 0 Å². The van der Waals surface area contributed by atoms with Gasteiger partial charge in [0, 0.05) is 25.9 Å². The van der Waals surface area contributed by atoms with E-state index in [0.29, 0.717) is 11.5 Å². The zero-order valence-corrected chi connectivity index (χ0v) is 12.3. The first-order valence-electron chi connectivity index (χ1n) is 6.69. The van der Waals surface area contributed by atoms with Crippen molar-refractivity contribution >= 4 is 17.2 Å². The number of imidazole rings is 1. The predicted octanol–water partition coefficient (Wildman–Crippen LogP) is 3.10. The van der Waals surface area contributed by atoms with E-state index in [4.69, 9.17) is 5.73 Å². The van der Waals surface area contributed by atoms with Gasteiger partial charge in [-0.15, -0.1) is 0 Å². The van der Waals surface area contributed by atoms with E-state index in [1.807, 2.05) is 48.6 Å². The van der Waals surface area contributed by atoms with Gasteiger partial charge in [-0.05, 0) is 36.8 Å². The van der Waals surface area contributed by atoms with E-state index in [2.05, 4.69) is 4.98 Å². The molecular weight excluding hydrogens is 267 g/mol. The van der Waals surface area contributed by atoms with E-state index < -0.39 is 0 Å². The maximum Gasteiger partial charge on any atom is 0.139 e. The Kier molecular flexibility index (Phi) is 3.05. The Bertz CT molecular complexity index is 821. The number of aromatic nitrogens is 2. The molecular formula is C16H17FN4. The molecule has 2 aromatic heterocycles. The average Bonchev–Trinajstić information content (AvgIpc) is 2.78. The third kappa shape index (κ3) is 2.20. The van der Waals surface area contributed by atoms with Crippen LogP contribution in [0.2, 0.25) is 0 Å². The molecule has 0 atom stereocenters. The van der Waals surface area contributed by atoms with Gasteiger partial charge < -0.3 is 10.6 Å². The molecule has 21 heavy (non-hydrogen) atoms. The number of pyridine rings is 1. The van der Waals surface area contributed by atoms with Crippen molar-refractivity contribution in [2.75, 3.05) is 24.7 Å². The van der Waals surface area contributed by atoms with Crippen LogP contribution < -0.4 is 10.6 Å². The number of nitrogen functional groups attached to an aromatic ring is 1. The maximum atomic E-state index is 13.5. The highest BCUT2D eigenvalue weighted by molar-refractivity contribution is 5.77. The lowest BCUT2D eigenvalue weighted by Crippen LogP contribution is -2.09. The number of anilines is 2. The van der Waals surface area contributed by atoms with Crippen LogP contribution in [0.3, 0.4) is 0 Å². The summed E-state index contributed by atoms with van der Waals surface area (Å²) in [4.78, 5) is 6.53. The Hall–Kier alpha value is -2.56. The van der Waals surface area contributed by atoms with Crippen molar-refractivity contribution < 1.29 is 4.39 Å². The summed E-state index contributed by atoms with van der Waals surface area (Å²) in [7, 11) is 3.93. The first-order chi connectivity index (χ1) is 9.97. The van der Waals surface area contributed by atoms with E-state index in [1.165, 1.54) is 12.1 Å². The van der Waals surface area contributed by atoms with E-state index in [-0.39, 0.29) is 5.82 Å². The van der Waals surface area contributed by atoms with Crippen molar-refractivity contribution in [3.63, 3.8) is 0 Å². The van der Waals surface area contributed by atoms with Crippen LogP contribution in [-0.2, 0) is 0 Å². The minimum absolute atomic E-state index is 0.291. The predicted molar refractivity (Wildman–Crippen MR) is 84.1 cm³/mol. The van der Waals surface area contributed by atoms with Crippen LogP contribution in [0.25, 0.3) is 16.9 Å². The number of benzene rings is 1. The molecule has 0 radical (unpaired) electrons. The minimum Gasteiger partial charge on any atom is -0.383 e. The van der Waals surface area contributed by atoms with E-state index in [9.17, 15) is 4.39 Å². The van der Waals surface area contributed by atoms with Gasteiger partial charge in [-0.25, -0.2) is 9.37 Å². The molecule has 2 N–H and O–H groups in total. The summed E-state index contributed by atoms with van der Waals surface area (Å²) in [5.41, 5.74) is 10.3. The molecule has 0 aliphatic carbocycles. The number of rotatable bonds is 2. The number of nitrogens with two attached hydrogens (primary N) is 1. The van der Waals surface area contributed by atoms with Crippen LogP contribution >= 0.6 is 0 Å². The number of nitrogens with zero attached hydrogens (tertiary/aromatic N) is 3. The van der Waals surface area contributed by atoms with Crippen LogP contribution in [0.5, 0.6) is 0 Å². The van der Waals surface area contributed by atoms with Crippen LogP contribution in [-0.4, -0.2) is 23.5 Å². The monoisotopic (exact) mass is 284 g/mol. The molecule has 3 aromatic rings. The highest BCUT2D eigenvalue weighted by Gasteiger charge is 2.14. The SMILES string of the molecule is Cc1ccc(F)cc1-c1nc2ccc(N(C)C)cn2c1N. The number of aryl methyl sites for hydroxylation is 1. The molecule has 0 saturated heterocycles. The molecule has 0 aliphatic heterocycles. The molecule has 2 heterocycles. The number of halogens is 1. The molecule has 0 fully saturated rings. The fourth-order valence-electron chi connectivity index (χ4n) is 2.36. The Morgan fingerprint density at radius 2 is 1.95 bits per heavy atom. The van der Waals surface area contributed by atoms with Gasteiger partial charge >= 0.3 is 0 Å². The Morgan fingerprint density at radius 3 is 2.67 bits per heavy atom. The molecule has 0 unspecified atom stereocenters. The molecule has 4 nitrogen and oxygen atoms in total. The number of hydrogen-bond donors (Lipinski definition) is 1. The average molecular weight is 284 g/mol. The van der Waals surface area contributed by atoms with Crippen LogP contribution in [0.15, 0.2) is 36.5 Å². The van der Waals surface area contributed by atoms with Gasteiger partial charge in [0.1, 0.15) is 23.0 Å². The highest BCUT2D eigenvalue weighted by atomic mass is 19.1. The summed E-state index contributed by atoms with van der Waals surface area (Å²) in [5.74, 6) is 0.225. The Labute approximate surface area is 122 Å². The second-order valence-electron chi connectivity index (χ2n) is 5.31. The maximum absolute atomic E-state index is 13.5. The normalized spacial score (nSPS) is 11.0. The van der Waals surface area contributed by atoms with Gasteiger partial charge in [0.25, 0.3) is 0 Å². The van der Waals surface area contributed by atoms with Crippen molar-refractivity contribution in [3.05, 3.63) is 47.9 Å². The zero-order valence-electron chi connectivity index (χ0n) is 12.3. The topological polar surface area (TPSA) is 46.6 Å². The molecule has 0 bridgehead atoms. The third-order valence-electron chi connectivity index (χ3n) is 3.61. The van der Waals surface area contributed by atoms with Crippen molar-refractivity contribution in [2.45, 2.75) is 6.92 Å². The van der Waals surface area contributed by atoms with Gasteiger partial charge in [0.05, 0.1) is 5.69 Å². The molecule has 0 spiro atoms. The summed E-state index contributed by atoms with van der Waals surface area (Å²) in [6.07, 6.45) is 1.93. The van der Waals surface area contributed by atoms with Gasteiger partial charge in [-0.3, -0.25) is 4.40 Å². The second-order valence-corrected chi connectivity index (χ2v) is 5.31. The number of fused-ring (bicyclic) bond motifs is 1. The van der Waals surface area contributed by atoms with Crippen LogP contribution in [0, 0.1) is 12.7 Å². The molecule has 5 heteroatoms. The molecule has 108 valence electrons. The van der Waals surface area contributed by atoms with Gasteiger partial charge in [0.15, 0.2) is 0 Å². The Balaban J connectivity index is 2.24. The molecule has 0 saturated carbocycles. The second kappa shape index (κ2) is 4.77. The van der Waals surface area contributed by atoms with Crippen molar-refractivity contribution in [2.24, 2.45) is 0 Å². The zero-order chi connectivity index (χ0) is 15.1. The van der Waals surface area contributed by atoms with Crippen LogP contribution in [0.4, 0.5) is 15.9 Å². The largest absolute Gasteiger partial charge is 0.383 e. The first kappa shape index (κ1) is 13.4. The van der Waals surface area contributed by atoms with E-state index in [1.54, 1.807) is 6.07 Å². The quantitative estimate of drug-likeness (QED) is 0.786. The standard InChI is InChI=1S/C16H17FN4/c1-10-4-5-11(17)8-13(10)15-16(18)21-9-12(20(2)3)6-7-14(21)19-15/h4-9H,18H2,1-3H3. The smallest absolute Gasteiger partial charge is 0.139 e. The third-order valence-corrected chi connectivity index (χ3v) is 3.61. The Morgan fingerprint density at radius 1 is 1.19 bits per heavy atom. The molecule has 1 aromatic carbocycles. The van der Waals surface area contributed by atoms with E-state index >= 15 is 0 Å².